The van der Waals surface area contributed by atoms with Crippen LogP contribution in [0.5, 0.6) is 0 Å². The Bertz CT molecular complexity index is 1290. The highest BCUT2D eigenvalue weighted by Crippen LogP contribution is 2.48. The second kappa shape index (κ2) is 10.7. The first-order chi connectivity index (χ1) is 17.5. The van der Waals surface area contributed by atoms with Crippen LogP contribution in [0.25, 0.3) is 5.69 Å². The maximum Gasteiger partial charge on any atom is 0.240 e. The summed E-state index contributed by atoms with van der Waals surface area (Å²) in [6, 6.07) is 16.6. The van der Waals surface area contributed by atoms with Crippen molar-refractivity contribution >= 4 is 29.4 Å². The van der Waals surface area contributed by atoms with Gasteiger partial charge < -0.3 is 5.32 Å². The van der Waals surface area contributed by atoms with Gasteiger partial charge in [0.25, 0.3) is 0 Å². The number of nitrogens with one attached hydrogen (secondary N) is 1. The van der Waals surface area contributed by atoms with Crippen LogP contribution in [-0.4, -0.2) is 39.9 Å². The van der Waals surface area contributed by atoms with Crippen LogP contribution in [-0.2, 0) is 15.0 Å². The van der Waals surface area contributed by atoms with E-state index in [1.165, 1.54) is 5.56 Å². The second-order valence-electron chi connectivity index (χ2n) is 11.0. The van der Waals surface area contributed by atoms with E-state index in [0.29, 0.717) is 5.82 Å². The quantitative estimate of drug-likeness (QED) is 0.443. The first kappa shape index (κ1) is 27.0. The van der Waals surface area contributed by atoms with Gasteiger partial charge in [-0.2, -0.15) is 5.10 Å². The van der Waals surface area contributed by atoms with Crippen LogP contribution in [0.2, 0.25) is 0 Å². The van der Waals surface area contributed by atoms with E-state index in [9.17, 15) is 9.59 Å². The number of nitrogens with zero attached hydrogens (tertiary/aromatic N) is 3. The number of aromatic nitrogens is 2. The van der Waals surface area contributed by atoms with E-state index in [-0.39, 0.29) is 40.8 Å². The molecule has 0 aliphatic carbocycles. The van der Waals surface area contributed by atoms with Gasteiger partial charge in [0.15, 0.2) is 0 Å². The van der Waals surface area contributed by atoms with Gasteiger partial charge in [-0.15, -0.1) is 11.8 Å². The SMILES string of the molecule is CC[C@@H](C)NC(=O)CN1C(=O)CS[C@@H](c2cccc(C)c2)c2c(C(C)(C)C)nn(-c3ccc(C)cc3)c21. The molecule has 0 saturated heterocycles. The van der Waals surface area contributed by atoms with Crippen molar-refractivity contribution in [2.24, 2.45) is 0 Å². The molecular weight excluding hydrogens is 480 g/mol. The number of aryl methyl sites for hydroxylation is 2. The van der Waals surface area contributed by atoms with Crippen LogP contribution in [0.3, 0.4) is 0 Å². The number of anilines is 1. The minimum Gasteiger partial charge on any atom is -0.352 e. The number of hydrogen-bond acceptors (Lipinski definition) is 4. The molecule has 0 radical (unpaired) electrons. The highest BCUT2D eigenvalue weighted by molar-refractivity contribution is 8.00. The summed E-state index contributed by atoms with van der Waals surface area (Å²) in [6.07, 6.45) is 0.825. The molecule has 1 N–H and O–H groups in total. The molecule has 1 aromatic heterocycles. The zero-order chi connectivity index (χ0) is 26.9. The van der Waals surface area contributed by atoms with Crippen molar-refractivity contribution in [3.8, 4) is 5.69 Å². The fourth-order valence-corrected chi connectivity index (χ4v) is 5.79. The third kappa shape index (κ3) is 5.77. The molecule has 1 aliphatic rings. The molecule has 7 heteroatoms. The summed E-state index contributed by atoms with van der Waals surface area (Å²) in [4.78, 5) is 28.4. The predicted octanol–water partition coefficient (Wildman–Crippen LogP) is 5.87. The Kier molecular flexibility index (Phi) is 7.83. The van der Waals surface area contributed by atoms with Crippen molar-refractivity contribution in [3.05, 3.63) is 76.5 Å². The Balaban J connectivity index is 1.98. The molecule has 2 heterocycles. The third-order valence-electron chi connectivity index (χ3n) is 6.74. The number of amides is 2. The van der Waals surface area contributed by atoms with Gasteiger partial charge in [-0.05, 0) is 44.9 Å². The molecule has 2 aromatic carbocycles. The van der Waals surface area contributed by atoms with Gasteiger partial charge in [-0.3, -0.25) is 14.5 Å². The number of thioether (sulfide) groups is 1. The maximum absolute atomic E-state index is 13.7. The normalized spacial score (nSPS) is 16.8. The molecule has 4 rings (SSSR count). The highest BCUT2D eigenvalue weighted by atomic mass is 32.2. The molecule has 0 fully saturated rings. The lowest BCUT2D eigenvalue weighted by Gasteiger charge is -2.25. The van der Waals surface area contributed by atoms with E-state index >= 15 is 0 Å². The standard InChI is InChI=1S/C30H38N4O2S/c1-8-21(4)31-24(35)17-33-25(36)18-37-27(22-11-9-10-20(3)16-22)26-28(30(5,6)7)32-34(29(26)33)23-14-12-19(2)13-15-23/h9-16,21,27H,8,17-18H2,1-7H3,(H,31,35)/t21-,27+/m1/s1. The van der Waals surface area contributed by atoms with Gasteiger partial charge >= 0.3 is 0 Å². The summed E-state index contributed by atoms with van der Waals surface area (Å²) in [5.74, 6) is 0.715. The Hall–Kier alpha value is -3.06. The number of hydrogen-bond donors (Lipinski definition) is 1. The average Bonchev–Trinajstić information content (AvgIpc) is 3.17. The van der Waals surface area contributed by atoms with Crippen LogP contribution >= 0.6 is 11.8 Å². The number of fused-ring (bicyclic) bond motifs is 1. The molecule has 0 unspecified atom stereocenters. The maximum atomic E-state index is 13.7. The summed E-state index contributed by atoms with van der Waals surface area (Å²) in [5, 5.41) is 8.10. The van der Waals surface area contributed by atoms with Gasteiger partial charge in [-0.1, -0.05) is 75.2 Å². The summed E-state index contributed by atoms with van der Waals surface area (Å²) in [7, 11) is 0. The molecule has 6 nitrogen and oxygen atoms in total. The van der Waals surface area contributed by atoms with E-state index in [4.69, 9.17) is 5.10 Å². The van der Waals surface area contributed by atoms with Gasteiger partial charge in [-0.25, -0.2) is 4.68 Å². The predicted molar refractivity (Wildman–Crippen MR) is 153 cm³/mol. The second-order valence-corrected chi connectivity index (χ2v) is 12.1. The molecule has 1 aliphatic heterocycles. The van der Waals surface area contributed by atoms with Crippen molar-refractivity contribution in [3.63, 3.8) is 0 Å². The summed E-state index contributed by atoms with van der Waals surface area (Å²) >= 11 is 1.61. The largest absolute Gasteiger partial charge is 0.352 e. The molecule has 196 valence electrons. The van der Waals surface area contributed by atoms with Crippen molar-refractivity contribution in [2.45, 2.75) is 71.6 Å². The summed E-state index contributed by atoms with van der Waals surface area (Å²) in [5.41, 5.74) is 5.98. The van der Waals surface area contributed by atoms with E-state index in [1.807, 2.05) is 49.7 Å². The lowest BCUT2D eigenvalue weighted by Crippen LogP contribution is -2.44. The van der Waals surface area contributed by atoms with Crippen LogP contribution in [0.1, 0.15) is 74.2 Å². The zero-order valence-corrected chi connectivity index (χ0v) is 23.8. The number of rotatable bonds is 6. The molecule has 3 aromatic rings. The number of carbonyl (C=O) groups excluding carboxylic acids is 2. The molecule has 0 bridgehead atoms. The number of carbonyl (C=O) groups is 2. The lowest BCUT2D eigenvalue weighted by atomic mass is 9.87. The smallest absolute Gasteiger partial charge is 0.240 e. The van der Waals surface area contributed by atoms with Crippen LogP contribution in [0.15, 0.2) is 48.5 Å². The van der Waals surface area contributed by atoms with Crippen LogP contribution in [0.4, 0.5) is 5.82 Å². The fourth-order valence-electron chi connectivity index (χ4n) is 4.60. The highest BCUT2D eigenvalue weighted by Gasteiger charge is 2.40. The van der Waals surface area contributed by atoms with Gasteiger partial charge in [0, 0.05) is 17.0 Å². The third-order valence-corrected chi connectivity index (χ3v) is 8.00. The van der Waals surface area contributed by atoms with Crippen molar-refractivity contribution in [2.75, 3.05) is 17.2 Å². The van der Waals surface area contributed by atoms with Gasteiger partial charge in [0.2, 0.25) is 11.8 Å². The van der Waals surface area contributed by atoms with Gasteiger partial charge in [0.05, 0.1) is 22.4 Å². The molecule has 0 spiro atoms. The minimum atomic E-state index is -0.277. The van der Waals surface area contributed by atoms with Crippen molar-refractivity contribution in [1.29, 1.82) is 0 Å². The lowest BCUT2D eigenvalue weighted by molar-refractivity contribution is -0.123. The summed E-state index contributed by atoms with van der Waals surface area (Å²) < 4.78 is 1.87. The monoisotopic (exact) mass is 518 g/mol. The van der Waals surface area contributed by atoms with E-state index in [1.54, 1.807) is 16.7 Å². The zero-order valence-electron chi connectivity index (χ0n) is 23.0. The van der Waals surface area contributed by atoms with Crippen LogP contribution in [0, 0.1) is 13.8 Å². The molecule has 0 saturated carbocycles. The topological polar surface area (TPSA) is 67.2 Å². The van der Waals surface area contributed by atoms with Crippen LogP contribution < -0.4 is 10.2 Å². The van der Waals surface area contributed by atoms with E-state index in [0.717, 1.165) is 34.5 Å². The number of benzene rings is 2. The molecule has 2 amide bonds. The molecule has 37 heavy (non-hydrogen) atoms. The minimum absolute atomic E-state index is 0.0376. The fraction of sp³-hybridized carbons (Fsp3) is 0.433. The average molecular weight is 519 g/mol. The Morgan fingerprint density at radius 1 is 1.14 bits per heavy atom. The first-order valence-electron chi connectivity index (χ1n) is 13.0. The Morgan fingerprint density at radius 3 is 2.46 bits per heavy atom. The Labute approximate surface area is 224 Å². The van der Waals surface area contributed by atoms with Crippen molar-refractivity contribution < 1.29 is 9.59 Å². The molecule has 2 atom stereocenters. The first-order valence-corrected chi connectivity index (χ1v) is 14.0. The van der Waals surface area contributed by atoms with Crippen molar-refractivity contribution in [1.82, 2.24) is 15.1 Å². The van der Waals surface area contributed by atoms with Gasteiger partial charge in [0.1, 0.15) is 12.4 Å². The molecular formula is C30H38N4O2S. The van der Waals surface area contributed by atoms with E-state index in [2.05, 4.69) is 57.3 Å². The van der Waals surface area contributed by atoms with E-state index < -0.39 is 0 Å². The Morgan fingerprint density at radius 2 is 1.84 bits per heavy atom. The summed E-state index contributed by atoms with van der Waals surface area (Å²) in [6.45, 7) is 14.6.